The van der Waals surface area contributed by atoms with Gasteiger partial charge < -0.3 is 9.47 Å². The van der Waals surface area contributed by atoms with E-state index < -0.39 is 0 Å². The maximum Gasteiger partial charge on any atom is 0.123 e. The summed E-state index contributed by atoms with van der Waals surface area (Å²) in [4.78, 5) is 7.93. The Morgan fingerprint density at radius 2 is 1.50 bits per heavy atom. The molecular weight excluding hydrogens is 296 g/mol. The summed E-state index contributed by atoms with van der Waals surface area (Å²) in [7, 11) is 3.27. The van der Waals surface area contributed by atoms with Gasteiger partial charge in [-0.2, -0.15) is 0 Å². The van der Waals surface area contributed by atoms with Crippen LogP contribution in [-0.4, -0.2) is 24.2 Å². The number of pyridine rings is 2. The summed E-state index contributed by atoms with van der Waals surface area (Å²) in [6.07, 6.45) is 3.41. The second kappa shape index (κ2) is 7.66. The van der Waals surface area contributed by atoms with Crippen molar-refractivity contribution in [2.75, 3.05) is 14.2 Å². The van der Waals surface area contributed by atoms with E-state index in [9.17, 15) is 0 Å². The van der Waals surface area contributed by atoms with Gasteiger partial charge in [-0.15, -0.1) is 0 Å². The molecule has 0 N–H and O–H groups in total. The lowest BCUT2D eigenvalue weighted by atomic mass is 10.4. The number of halogens is 1. The summed E-state index contributed by atoms with van der Waals surface area (Å²) >= 11 is 3.21. The third kappa shape index (κ3) is 5.14. The first-order chi connectivity index (χ1) is 8.65. The van der Waals surface area contributed by atoms with Crippen LogP contribution < -0.4 is 9.47 Å². The van der Waals surface area contributed by atoms with Crippen LogP contribution in [0, 0.1) is 6.92 Å². The van der Waals surface area contributed by atoms with Crippen molar-refractivity contribution in [3.8, 4) is 11.5 Å². The van der Waals surface area contributed by atoms with E-state index in [1.807, 2.05) is 19.1 Å². The molecule has 96 valence electrons. The second-order valence-corrected chi connectivity index (χ2v) is 4.17. The number of ether oxygens (including phenoxy) is 2. The highest BCUT2D eigenvalue weighted by Crippen LogP contribution is 2.13. The molecule has 2 rings (SSSR count). The van der Waals surface area contributed by atoms with E-state index in [0.717, 1.165) is 21.8 Å². The van der Waals surface area contributed by atoms with Gasteiger partial charge in [0.05, 0.1) is 14.2 Å². The molecule has 4 nitrogen and oxygen atoms in total. The van der Waals surface area contributed by atoms with Gasteiger partial charge in [0.1, 0.15) is 16.1 Å². The van der Waals surface area contributed by atoms with Crippen LogP contribution in [0.1, 0.15) is 5.69 Å². The van der Waals surface area contributed by atoms with Gasteiger partial charge in [0, 0.05) is 30.2 Å². The molecule has 0 aliphatic carbocycles. The van der Waals surface area contributed by atoms with Gasteiger partial charge in [-0.3, -0.25) is 4.98 Å². The van der Waals surface area contributed by atoms with Gasteiger partial charge in [0.2, 0.25) is 0 Å². The molecule has 0 saturated heterocycles. The van der Waals surface area contributed by atoms with Crippen molar-refractivity contribution < 1.29 is 9.47 Å². The van der Waals surface area contributed by atoms with Gasteiger partial charge >= 0.3 is 0 Å². The van der Waals surface area contributed by atoms with Crippen molar-refractivity contribution in [1.82, 2.24) is 9.97 Å². The van der Waals surface area contributed by atoms with E-state index >= 15 is 0 Å². The van der Waals surface area contributed by atoms with Gasteiger partial charge in [0.15, 0.2) is 0 Å². The molecule has 0 saturated carbocycles. The first kappa shape index (κ1) is 14.4. The molecule has 0 amide bonds. The maximum atomic E-state index is 4.96. The van der Waals surface area contributed by atoms with Gasteiger partial charge in [-0.25, -0.2) is 4.98 Å². The second-order valence-electron chi connectivity index (χ2n) is 3.36. The molecule has 5 heteroatoms. The summed E-state index contributed by atoms with van der Waals surface area (Å²) in [5.74, 6) is 1.68. The molecule has 0 bridgehead atoms. The number of nitrogens with zero attached hydrogens (tertiary/aromatic N) is 2. The average molecular weight is 311 g/mol. The minimum Gasteiger partial charge on any atom is -0.497 e. The fourth-order valence-corrected chi connectivity index (χ4v) is 1.50. The zero-order chi connectivity index (χ0) is 13.4. The van der Waals surface area contributed by atoms with Crippen LogP contribution >= 0.6 is 15.9 Å². The number of aryl methyl sites for hydroxylation is 1. The topological polar surface area (TPSA) is 44.2 Å². The lowest BCUT2D eigenvalue weighted by Gasteiger charge is -1.97. The van der Waals surface area contributed by atoms with E-state index in [2.05, 4.69) is 25.9 Å². The number of rotatable bonds is 2. The minimum absolute atomic E-state index is 0.793. The molecule has 0 unspecified atom stereocenters. The Morgan fingerprint density at radius 1 is 0.944 bits per heavy atom. The van der Waals surface area contributed by atoms with Crippen LogP contribution in [-0.2, 0) is 0 Å². The highest BCUT2D eigenvalue weighted by atomic mass is 79.9. The van der Waals surface area contributed by atoms with E-state index in [1.165, 1.54) is 0 Å². The molecular formula is C13H15BrN2O2. The number of hydrogen-bond donors (Lipinski definition) is 0. The average Bonchev–Trinajstić information content (AvgIpc) is 2.39. The fourth-order valence-electron chi connectivity index (χ4n) is 1.16. The van der Waals surface area contributed by atoms with Gasteiger partial charge in [0.25, 0.3) is 0 Å². The van der Waals surface area contributed by atoms with Gasteiger partial charge in [-0.1, -0.05) is 0 Å². The third-order valence-electron chi connectivity index (χ3n) is 2.04. The van der Waals surface area contributed by atoms with Crippen molar-refractivity contribution >= 4 is 15.9 Å². The summed E-state index contributed by atoms with van der Waals surface area (Å²) < 4.78 is 10.7. The van der Waals surface area contributed by atoms with Crippen molar-refractivity contribution in [3.05, 3.63) is 47.0 Å². The van der Waals surface area contributed by atoms with E-state index in [-0.39, 0.29) is 0 Å². The Hall–Kier alpha value is -1.62. The Morgan fingerprint density at radius 3 is 1.89 bits per heavy atom. The number of aromatic nitrogens is 2. The molecule has 0 fully saturated rings. The molecule has 2 aromatic rings. The van der Waals surface area contributed by atoms with E-state index in [0.29, 0.717) is 0 Å². The van der Waals surface area contributed by atoms with Crippen LogP contribution in [0.4, 0.5) is 0 Å². The zero-order valence-electron chi connectivity index (χ0n) is 10.6. The van der Waals surface area contributed by atoms with E-state index in [4.69, 9.17) is 9.47 Å². The lowest BCUT2D eigenvalue weighted by Crippen LogP contribution is -1.84. The third-order valence-corrected chi connectivity index (χ3v) is 2.47. The molecule has 2 heterocycles. The summed E-state index contributed by atoms with van der Waals surface area (Å²) in [6.45, 7) is 1.93. The van der Waals surface area contributed by atoms with Crippen LogP contribution in [0.5, 0.6) is 11.5 Å². The highest BCUT2D eigenvalue weighted by molar-refractivity contribution is 9.10. The van der Waals surface area contributed by atoms with Crippen LogP contribution in [0.3, 0.4) is 0 Å². The summed E-state index contributed by atoms with van der Waals surface area (Å²) in [5.41, 5.74) is 0.981. The molecule has 2 aromatic heterocycles. The van der Waals surface area contributed by atoms with Crippen molar-refractivity contribution in [1.29, 1.82) is 0 Å². The Labute approximate surface area is 115 Å². The Bertz CT molecular complexity index is 446. The molecule has 0 atom stereocenters. The summed E-state index contributed by atoms with van der Waals surface area (Å²) in [5, 5.41) is 0. The van der Waals surface area contributed by atoms with Crippen LogP contribution in [0.15, 0.2) is 41.3 Å². The molecule has 0 aliphatic heterocycles. The smallest absolute Gasteiger partial charge is 0.123 e. The van der Waals surface area contributed by atoms with Crippen molar-refractivity contribution in [2.45, 2.75) is 6.92 Å². The van der Waals surface area contributed by atoms with Crippen LogP contribution in [0.2, 0.25) is 0 Å². The molecule has 0 radical (unpaired) electrons. The molecule has 0 spiro atoms. The quantitative estimate of drug-likeness (QED) is 0.799. The lowest BCUT2D eigenvalue weighted by molar-refractivity contribution is 0.413. The van der Waals surface area contributed by atoms with Crippen LogP contribution in [0.25, 0.3) is 0 Å². The van der Waals surface area contributed by atoms with Crippen molar-refractivity contribution in [2.24, 2.45) is 0 Å². The maximum absolute atomic E-state index is 4.96. The molecule has 18 heavy (non-hydrogen) atoms. The highest BCUT2D eigenvalue weighted by Gasteiger charge is 1.89. The normalized spacial score (nSPS) is 9.11. The minimum atomic E-state index is 0.793. The van der Waals surface area contributed by atoms with Crippen molar-refractivity contribution in [3.63, 3.8) is 0 Å². The summed E-state index contributed by atoms with van der Waals surface area (Å²) in [6, 6.07) is 7.32. The Kier molecular flexibility index (Phi) is 6.14. The Balaban J connectivity index is 0.000000180. The predicted octanol–water partition coefficient (Wildman–Crippen LogP) is 3.25. The largest absolute Gasteiger partial charge is 0.497 e. The number of methoxy groups -OCH3 is 2. The molecule has 0 aliphatic rings. The SMILES string of the molecule is COc1ccnc(Br)c1.COc1ccnc(C)c1. The first-order valence-corrected chi connectivity index (χ1v) is 6.07. The zero-order valence-corrected chi connectivity index (χ0v) is 12.1. The van der Waals surface area contributed by atoms with Gasteiger partial charge in [-0.05, 0) is 35.0 Å². The van der Waals surface area contributed by atoms with E-state index in [1.54, 1.807) is 38.7 Å². The monoisotopic (exact) mass is 310 g/mol. The standard InChI is InChI=1S/C7H9NO.C6H6BrNO/c1-6-5-7(9-2)3-4-8-6;1-9-5-2-3-8-6(7)4-5/h3-5H,1-2H3;2-4H,1H3. The first-order valence-electron chi connectivity index (χ1n) is 5.28. The fraction of sp³-hybridized carbons (Fsp3) is 0.231. The predicted molar refractivity (Wildman–Crippen MR) is 74.0 cm³/mol. The number of hydrogen-bond acceptors (Lipinski definition) is 4. The molecule has 0 aromatic carbocycles.